The molecule has 0 aromatic heterocycles. The fourth-order valence-corrected chi connectivity index (χ4v) is 2.90. The Kier molecular flexibility index (Phi) is 4.69. The Morgan fingerprint density at radius 1 is 1.10 bits per heavy atom. The average Bonchev–Trinajstić information content (AvgIpc) is 2.46. The van der Waals surface area contributed by atoms with Crippen LogP contribution in [-0.4, -0.2) is 26.8 Å². The molecule has 110 valence electrons. The van der Waals surface area contributed by atoms with Gasteiger partial charge in [-0.05, 0) is 42.7 Å². The van der Waals surface area contributed by atoms with Gasteiger partial charge in [0.2, 0.25) is 0 Å². The molecule has 2 aromatic rings. The molecule has 0 bridgehead atoms. The molecule has 0 unspecified atom stereocenters. The largest absolute Gasteiger partial charge is 0.322 e. The van der Waals surface area contributed by atoms with Crippen LogP contribution in [0.1, 0.15) is 10.4 Å². The molecule has 6 heteroatoms. The second kappa shape index (κ2) is 6.32. The second-order valence-corrected chi connectivity index (χ2v) is 7.38. The lowest BCUT2D eigenvalue weighted by Gasteiger charge is -2.07. The lowest BCUT2D eigenvalue weighted by Crippen LogP contribution is -2.12. The van der Waals surface area contributed by atoms with E-state index in [9.17, 15) is 13.2 Å². The molecule has 2 aromatic carbocycles. The van der Waals surface area contributed by atoms with Gasteiger partial charge in [0.1, 0.15) is 0 Å². The summed E-state index contributed by atoms with van der Waals surface area (Å²) in [4.78, 5) is 13.4. The first-order chi connectivity index (χ1) is 9.90. The summed E-state index contributed by atoms with van der Waals surface area (Å²) in [5, 5.41) is 2.76. The van der Waals surface area contributed by atoms with Crippen molar-refractivity contribution in [1.29, 1.82) is 0 Å². The van der Waals surface area contributed by atoms with Crippen LogP contribution in [0.3, 0.4) is 0 Å². The minimum absolute atomic E-state index is 0.132. The smallest absolute Gasteiger partial charge is 0.255 e. The van der Waals surface area contributed by atoms with E-state index in [0.717, 1.165) is 11.2 Å². The zero-order valence-corrected chi connectivity index (χ0v) is 13.3. The topological polar surface area (TPSA) is 63.2 Å². The number of hydrogen-bond donors (Lipinski definition) is 1. The van der Waals surface area contributed by atoms with E-state index in [1.165, 1.54) is 12.1 Å². The van der Waals surface area contributed by atoms with Gasteiger partial charge in [0.25, 0.3) is 5.91 Å². The highest BCUT2D eigenvalue weighted by Gasteiger charge is 2.11. The number of benzene rings is 2. The molecule has 0 saturated carbocycles. The third kappa shape index (κ3) is 4.09. The Morgan fingerprint density at radius 3 is 2.48 bits per heavy atom. The number of nitrogens with one attached hydrogen (secondary N) is 1. The van der Waals surface area contributed by atoms with Crippen molar-refractivity contribution >= 4 is 33.2 Å². The number of amides is 1. The summed E-state index contributed by atoms with van der Waals surface area (Å²) in [7, 11) is -3.33. The minimum Gasteiger partial charge on any atom is -0.322 e. The van der Waals surface area contributed by atoms with Crippen LogP contribution in [0.15, 0.2) is 58.3 Å². The van der Waals surface area contributed by atoms with E-state index in [-0.39, 0.29) is 10.8 Å². The first-order valence-corrected chi connectivity index (χ1v) is 9.27. The van der Waals surface area contributed by atoms with E-state index in [2.05, 4.69) is 5.32 Å². The van der Waals surface area contributed by atoms with Crippen LogP contribution >= 0.6 is 11.8 Å². The highest BCUT2D eigenvalue weighted by atomic mass is 32.2. The maximum Gasteiger partial charge on any atom is 0.255 e. The van der Waals surface area contributed by atoms with Crippen molar-refractivity contribution in [3.8, 4) is 0 Å². The van der Waals surface area contributed by atoms with Crippen LogP contribution in [0.4, 0.5) is 5.69 Å². The van der Waals surface area contributed by atoms with Gasteiger partial charge >= 0.3 is 0 Å². The standard InChI is InChI=1S/C15H15NO3S2/c1-20-13-7-4-6-12(10-13)16-15(17)11-5-3-8-14(9-11)21(2,18)19/h3-10H,1-2H3,(H,16,17). The lowest BCUT2D eigenvalue weighted by molar-refractivity contribution is 0.102. The monoisotopic (exact) mass is 321 g/mol. The lowest BCUT2D eigenvalue weighted by atomic mass is 10.2. The number of sulfone groups is 1. The summed E-state index contributed by atoms with van der Waals surface area (Å²) in [5.41, 5.74) is 0.990. The number of carbonyl (C=O) groups excluding carboxylic acids is 1. The molecule has 4 nitrogen and oxygen atoms in total. The van der Waals surface area contributed by atoms with E-state index in [1.807, 2.05) is 24.5 Å². The van der Waals surface area contributed by atoms with Crippen molar-refractivity contribution in [2.24, 2.45) is 0 Å². The van der Waals surface area contributed by atoms with Crippen LogP contribution in [0, 0.1) is 0 Å². The van der Waals surface area contributed by atoms with E-state index in [0.29, 0.717) is 11.3 Å². The molecule has 0 fully saturated rings. The molecule has 0 aliphatic rings. The number of anilines is 1. The maximum atomic E-state index is 12.2. The van der Waals surface area contributed by atoms with Gasteiger partial charge in [-0.2, -0.15) is 0 Å². The van der Waals surface area contributed by atoms with Crippen molar-refractivity contribution in [2.75, 3.05) is 17.8 Å². The fraction of sp³-hybridized carbons (Fsp3) is 0.133. The van der Waals surface area contributed by atoms with Crippen molar-refractivity contribution in [2.45, 2.75) is 9.79 Å². The van der Waals surface area contributed by atoms with E-state index >= 15 is 0 Å². The number of hydrogen-bond acceptors (Lipinski definition) is 4. The van der Waals surface area contributed by atoms with Crippen LogP contribution in [0.25, 0.3) is 0 Å². The van der Waals surface area contributed by atoms with Crippen LogP contribution in [-0.2, 0) is 9.84 Å². The van der Waals surface area contributed by atoms with Crippen LogP contribution < -0.4 is 5.32 Å². The van der Waals surface area contributed by atoms with E-state index in [4.69, 9.17) is 0 Å². The van der Waals surface area contributed by atoms with Crippen molar-refractivity contribution in [3.63, 3.8) is 0 Å². The highest BCUT2D eigenvalue weighted by molar-refractivity contribution is 7.98. The summed E-state index contributed by atoms with van der Waals surface area (Å²) < 4.78 is 23.0. The Balaban J connectivity index is 2.24. The van der Waals surface area contributed by atoms with Crippen molar-refractivity contribution < 1.29 is 13.2 Å². The zero-order chi connectivity index (χ0) is 15.5. The summed E-state index contributed by atoms with van der Waals surface area (Å²) in [6.07, 6.45) is 3.07. The average molecular weight is 321 g/mol. The van der Waals surface area contributed by atoms with Gasteiger partial charge in [-0.25, -0.2) is 8.42 Å². The first kappa shape index (κ1) is 15.6. The number of thioether (sulfide) groups is 1. The molecule has 0 heterocycles. The Morgan fingerprint density at radius 2 is 1.81 bits per heavy atom. The molecule has 0 aliphatic carbocycles. The normalized spacial score (nSPS) is 11.1. The molecule has 2 rings (SSSR count). The molecule has 1 amide bonds. The minimum atomic E-state index is -3.33. The molecule has 1 N–H and O–H groups in total. The zero-order valence-electron chi connectivity index (χ0n) is 11.7. The SMILES string of the molecule is CSc1cccc(NC(=O)c2cccc(S(C)(=O)=O)c2)c1. The quantitative estimate of drug-likeness (QED) is 0.879. The van der Waals surface area contributed by atoms with Gasteiger partial charge in [0.05, 0.1) is 4.90 Å². The second-order valence-electron chi connectivity index (χ2n) is 4.49. The first-order valence-electron chi connectivity index (χ1n) is 6.15. The summed E-state index contributed by atoms with van der Waals surface area (Å²) >= 11 is 1.58. The van der Waals surface area contributed by atoms with E-state index in [1.54, 1.807) is 30.0 Å². The highest BCUT2D eigenvalue weighted by Crippen LogP contribution is 2.20. The number of carbonyl (C=O) groups is 1. The van der Waals surface area contributed by atoms with Crippen LogP contribution in [0.5, 0.6) is 0 Å². The predicted molar refractivity (Wildman–Crippen MR) is 85.7 cm³/mol. The molecule has 21 heavy (non-hydrogen) atoms. The Labute approximate surface area is 128 Å². The third-order valence-corrected chi connectivity index (χ3v) is 4.69. The Hall–Kier alpha value is -1.79. The molecular weight excluding hydrogens is 306 g/mol. The predicted octanol–water partition coefficient (Wildman–Crippen LogP) is 3.06. The van der Waals surface area contributed by atoms with Gasteiger partial charge in [-0.3, -0.25) is 4.79 Å². The molecule has 0 radical (unpaired) electrons. The molecule has 0 spiro atoms. The fourth-order valence-electron chi connectivity index (χ4n) is 1.77. The van der Waals surface area contributed by atoms with Gasteiger partial charge in [-0.15, -0.1) is 11.8 Å². The van der Waals surface area contributed by atoms with Gasteiger partial charge in [0.15, 0.2) is 9.84 Å². The van der Waals surface area contributed by atoms with Crippen molar-refractivity contribution in [3.05, 3.63) is 54.1 Å². The van der Waals surface area contributed by atoms with Crippen LogP contribution in [0.2, 0.25) is 0 Å². The van der Waals surface area contributed by atoms with Gasteiger partial charge in [0, 0.05) is 22.4 Å². The van der Waals surface area contributed by atoms with Gasteiger partial charge < -0.3 is 5.32 Å². The van der Waals surface area contributed by atoms with E-state index < -0.39 is 9.84 Å². The summed E-state index contributed by atoms with van der Waals surface area (Å²) in [6, 6.07) is 13.5. The Bertz CT molecular complexity index is 770. The molecule has 0 saturated heterocycles. The molecular formula is C15H15NO3S2. The van der Waals surface area contributed by atoms with Crippen molar-refractivity contribution in [1.82, 2.24) is 0 Å². The molecule has 0 atom stereocenters. The summed E-state index contributed by atoms with van der Waals surface area (Å²) in [6.45, 7) is 0. The third-order valence-electron chi connectivity index (χ3n) is 2.85. The maximum absolute atomic E-state index is 12.2. The number of rotatable bonds is 4. The summed E-state index contributed by atoms with van der Waals surface area (Å²) in [5.74, 6) is -0.334. The van der Waals surface area contributed by atoms with Gasteiger partial charge in [-0.1, -0.05) is 12.1 Å². The molecule has 0 aliphatic heterocycles.